The SMILES string of the molecule is C/C(=N\N(C=O)c1ccccc1)c1cccs1. The summed E-state index contributed by atoms with van der Waals surface area (Å²) in [5, 5.41) is 7.63. The third kappa shape index (κ3) is 2.79. The van der Waals surface area contributed by atoms with Gasteiger partial charge in [-0.25, -0.2) is 5.01 Å². The van der Waals surface area contributed by atoms with Crippen LogP contribution in [0.25, 0.3) is 0 Å². The Morgan fingerprint density at radius 1 is 1.24 bits per heavy atom. The van der Waals surface area contributed by atoms with Crippen molar-refractivity contribution >= 4 is 29.1 Å². The number of benzene rings is 1. The van der Waals surface area contributed by atoms with E-state index in [0.29, 0.717) is 6.41 Å². The second kappa shape index (κ2) is 5.41. The van der Waals surface area contributed by atoms with Crippen molar-refractivity contribution in [1.29, 1.82) is 0 Å². The third-order valence-electron chi connectivity index (χ3n) is 2.26. The van der Waals surface area contributed by atoms with Gasteiger partial charge < -0.3 is 0 Å². The first kappa shape index (κ1) is 11.5. The van der Waals surface area contributed by atoms with E-state index in [9.17, 15) is 4.79 Å². The van der Waals surface area contributed by atoms with Gasteiger partial charge in [0.25, 0.3) is 0 Å². The molecule has 4 heteroatoms. The molecule has 1 aromatic carbocycles. The smallest absolute Gasteiger partial charge is 0.234 e. The van der Waals surface area contributed by atoms with Gasteiger partial charge in [-0.3, -0.25) is 4.79 Å². The first-order chi connectivity index (χ1) is 8.31. The minimum atomic E-state index is 0.715. The molecular weight excluding hydrogens is 232 g/mol. The lowest BCUT2D eigenvalue weighted by Gasteiger charge is -2.11. The summed E-state index contributed by atoms with van der Waals surface area (Å²) in [7, 11) is 0. The van der Waals surface area contributed by atoms with Crippen molar-refractivity contribution in [3.05, 3.63) is 52.7 Å². The third-order valence-corrected chi connectivity index (χ3v) is 3.23. The van der Waals surface area contributed by atoms with Gasteiger partial charge >= 0.3 is 0 Å². The van der Waals surface area contributed by atoms with Gasteiger partial charge in [-0.2, -0.15) is 5.10 Å². The summed E-state index contributed by atoms with van der Waals surface area (Å²) in [6.45, 7) is 1.89. The Morgan fingerprint density at radius 2 is 2.00 bits per heavy atom. The zero-order chi connectivity index (χ0) is 12.1. The molecule has 0 aliphatic rings. The summed E-state index contributed by atoms with van der Waals surface area (Å²) in [5.74, 6) is 0. The molecule has 2 rings (SSSR count). The predicted molar refractivity (Wildman–Crippen MR) is 71.5 cm³/mol. The number of para-hydroxylation sites is 1. The van der Waals surface area contributed by atoms with E-state index in [0.717, 1.165) is 16.3 Å². The number of carbonyl (C=O) groups is 1. The Balaban J connectivity index is 2.27. The highest BCUT2D eigenvalue weighted by Crippen LogP contribution is 2.15. The molecule has 2 aromatic rings. The van der Waals surface area contributed by atoms with Gasteiger partial charge in [0.15, 0.2) is 0 Å². The van der Waals surface area contributed by atoms with Crippen LogP contribution in [0.1, 0.15) is 11.8 Å². The molecule has 86 valence electrons. The van der Waals surface area contributed by atoms with Gasteiger partial charge in [0.1, 0.15) is 0 Å². The second-order valence-corrected chi connectivity index (χ2v) is 4.40. The molecule has 0 atom stereocenters. The zero-order valence-corrected chi connectivity index (χ0v) is 10.2. The van der Waals surface area contributed by atoms with Crippen LogP contribution in [-0.2, 0) is 4.79 Å². The van der Waals surface area contributed by atoms with E-state index in [1.54, 1.807) is 11.3 Å². The van der Waals surface area contributed by atoms with E-state index in [4.69, 9.17) is 0 Å². The maximum Gasteiger partial charge on any atom is 0.234 e. The molecule has 3 nitrogen and oxygen atoms in total. The number of anilines is 1. The summed E-state index contributed by atoms with van der Waals surface area (Å²) in [6, 6.07) is 13.3. The lowest BCUT2D eigenvalue weighted by molar-refractivity contribution is -0.107. The van der Waals surface area contributed by atoms with Gasteiger partial charge in [0.05, 0.1) is 16.3 Å². The van der Waals surface area contributed by atoms with Crippen LogP contribution in [-0.4, -0.2) is 12.1 Å². The first-order valence-electron chi connectivity index (χ1n) is 5.20. The van der Waals surface area contributed by atoms with Gasteiger partial charge in [-0.05, 0) is 30.5 Å². The van der Waals surface area contributed by atoms with Crippen LogP contribution in [0, 0.1) is 0 Å². The summed E-state index contributed by atoms with van der Waals surface area (Å²) in [4.78, 5) is 12.1. The molecule has 0 spiro atoms. The number of amides is 1. The summed E-state index contributed by atoms with van der Waals surface area (Å²) in [5.41, 5.74) is 1.59. The molecule has 0 fully saturated rings. The lowest BCUT2D eigenvalue weighted by Crippen LogP contribution is -2.15. The number of thiophene rings is 1. The topological polar surface area (TPSA) is 32.7 Å². The van der Waals surface area contributed by atoms with Gasteiger partial charge in [-0.15, -0.1) is 11.3 Å². The number of carbonyl (C=O) groups excluding carboxylic acids is 1. The van der Waals surface area contributed by atoms with E-state index in [2.05, 4.69) is 5.10 Å². The molecule has 1 amide bonds. The fourth-order valence-electron chi connectivity index (χ4n) is 1.42. The Kier molecular flexibility index (Phi) is 3.67. The minimum Gasteiger partial charge on any atom is -0.276 e. The highest BCUT2D eigenvalue weighted by Gasteiger charge is 2.04. The Hall–Kier alpha value is -1.94. The molecule has 1 aromatic heterocycles. The average Bonchev–Trinajstić information content (AvgIpc) is 2.90. The van der Waals surface area contributed by atoms with Crippen LogP contribution < -0.4 is 5.01 Å². The fourth-order valence-corrected chi connectivity index (χ4v) is 2.09. The lowest BCUT2D eigenvalue weighted by atomic mass is 10.3. The first-order valence-corrected chi connectivity index (χ1v) is 6.08. The van der Waals surface area contributed by atoms with E-state index in [-0.39, 0.29) is 0 Å². The normalized spacial score (nSPS) is 11.2. The molecule has 17 heavy (non-hydrogen) atoms. The molecule has 0 saturated heterocycles. The van der Waals surface area contributed by atoms with E-state index >= 15 is 0 Å². The van der Waals surface area contributed by atoms with Crippen molar-refractivity contribution in [2.75, 3.05) is 5.01 Å². The summed E-state index contributed by atoms with van der Waals surface area (Å²) in [6.07, 6.45) is 0.715. The van der Waals surface area contributed by atoms with Crippen molar-refractivity contribution < 1.29 is 4.79 Å². The Morgan fingerprint density at radius 3 is 2.59 bits per heavy atom. The summed E-state index contributed by atoms with van der Waals surface area (Å²) >= 11 is 1.61. The maximum atomic E-state index is 11.0. The Labute approximate surface area is 104 Å². The van der Waals surface area contributed by atoms with Crippen LogP contribution in [0.15, 0.2) is 52.9 Å². The quantitative estimate of drug-likeness (QED) is 0.462. The van der Waals surface area contributed by atoms with Crippen molar-refractivity contribution in [2.45, 2.75) is 6.92 Å². The zero-order valence-electron chi connectivity index (χ0n) is 9.41. The molecule has 0 aliphatic carbocycles. The number of hydrazone groups is 1. The number of hydrogen-bond acceptors (Lipinski definition) is 3. The molecule has 1 heterocycles. The average molecular weight is 244 g/mol. The van der Waals surface area contributed by atoms with E-state index in [1.807, 2.05) is 54.8 Å². The molecule has 0 radical (unpaired) electrons. The molecule has 0 aliphatic heterocycles. The van der Waals surface area contributed by atoms with Gasteiger partial charge in [0, 0.05) is 0 Å². The van der Waals surface area contributed by atoms with Crippen LogP contribution in [0.2, 0.25) is 0 Å². The minimum absolute atomic E-state index is 0.715. The number of rotatable bonds is 4. The van der Waals surface area contributed by atoms with Crippen LogP contribution >= 0.6 is 11.3 Å². The molecular formula is C13H12N2OS. The fraction of sp³-hybridized carbons (Fsp3) is 0.0769. The maximum absolute atomic E-state index is 11.0. The number of hydrogen-bond donors (Lipinski definition) is 0. The van der Waals surface area contributed by atoms with Gasteiger partial charge in [-0.1, -0.05) is 24.3 Å². The van der Waals surface area contributed by atoms with Crippen molar-refractivity contribution in [2.24, 2.45) is 5.10 Å². The van der Waals surface area contributed by atoms with Crippen molar-refractivity contribution in [1.82, 2.24) is 0 Å². The molecule has 0 N–H and O–H groups in total. The van der Waals surface area contributed by atoms with E-state index in [1.165, 1.54) is 5.01 Å². The van der Waals surface area contributed by atoms with E-state index < -0.39 is 0 Å². The van der Waals surface area contributed by atoms with Crippen LogP contribution in [0.3, 0.4) is 0 Å². The number of nitrogens with zero attached hydrogens (tertiary/aromatic N) is 2. The standard InChI is InChI=1S/C13H12N2OS/c1-11(13-8-5-9-17-13)14-15(10-16)12-6-3-2-4-7-12/h2-10H,1H3/b14-11+. The van der Waals surface area contributed by atoms with Crippen LogP contribution in [0.5, 0.6) is 0 Å². The monoisotopic (exact) mass is 244 g/mol. The van der Waals surface area contributed by atoms with Crippen LogP contribution in [0.4, 0.5) is 5.69 Å². The molecule has 0 unspecified atom stereocenters. The van der Waals surface area contributed by atoms with Gasteiger partial charge in [0.2, 0.25) is 6.41 Å². The van der Waals surface area contributed by atoms with Crippen molar-refractivity contribution in [3.8, 4) is 0 Å². The molecule has 0 bridgehead atoms. The van der Waals surface area contributed by atoms with Crippen molar-refractivity contribution in [3.63, 3.8) is 0 Å². The summed E-state index contributed by atoms with van der Waals surface area (Å²) < 4.78 is 0. The molecule has 0 saturated carbocycles. The highest BCUT2D eigenvalue weighted by molar-refractivity contribution is 7.12. The Bertz CT molecular complexity index is 505. The second-order valence-electron chi connectivity index (χ2n) is 3.45. The largest absolute Gasteiger partial charge is 0.276 e. The predicted octanol–water partition coefficient (Wildman–Crippen LogP) is 3.14. The highest BCUT2D eigenvalue weighted by atomic mass is 32.1.